The third-order valence-electron chi connectivity index (χ3n) is 5.99. The smallest absolute Gasteiger partial charge is 0.241 e. The van der Waals surface area contributed by atoms with Crippen molar-refractivity contribution in [3.63, 3.8) is 0 Å². The molecule has 174 valence electrons. The molecule has 1 N–H and O–H groups in total. The van der Waals surface area contributed by atoms with Gasteiger partial charge in [-0.05, 0) is 45.3 Å². The number of likely N-dealkylation sites (tertiary alicyclic amines) is 1. The van der Waals surface area contributed by atoms with Crippen LogP contribution >= 0.6 is 11.8 Å². The maximum Gasteiger partial charge on any atom is 0.241 e. The van der Waals surface area contributed by atoms with Crippen molar-refractivity contribution < 1.29 is 9.32 Å². The molecular formula is C26H32N4O2S. The highest BCUT2D eigenvalue weighted by atomic mass is 32.2. The summed E-state index contributed by atoms with van der Waals surface area (Å²) in [6, 6.07) is 16.7. The van der Waals surface area contributed by atoms with Crippen molar-refractivity contribution in [3.05, 3.63) is 71.1 Å². The van der Waals surface area contributed by atoms with Gasteiger partial charge in [-0.25, -0.2) is 0 Å². The van der Waals surface area contributed by atoms with Crippen LogP contribution in [0.4, 0.5) is 0 Å². The van der Waals surface area contributed by atoms with E-state index in [1.165, 1.54) is 16.7 Å². The van der Waals surface area contributed by atoms with Crippen LogP contribution in [0.3, 0.4) is 0 Å². The van der Waals surface area contributed by atoms with Crippen LogP contribution in [-0.2, 0) is 17.1 Å². The number of nitrogens with zero attached hydrogens (tertiary/aromatic N) is 3. The fourth-order valence-corrected chi connectivity index (χ4v) is 4.87. The summed E-state index contributed by atoms with van der Waals surface area (Å²) in [5.74, 6) is 3.44. The monoisotopic (exact) mass is 464 g/mol. The second-order valence-corrected chi connectivity index (χ2v) is 9.87. The molecule has 3 aromatic rings. The van der Waals surface area contributed by atoms with E-state index in [9.17, 15) is 4.79 Å². The molecule has 1 amide bonds. The number of rotatable bonds is 9. The summed E-state index contributed by atoms with van der Waals surface area (Å²) in [5.41, 5.74) is 4.79. The molecule has 0 aliphatic carbocycles. The van der Waals surface area contributed by atoms with Gasteiger partial charge in [0.05, 0.1) is 6.54 Å². The van der Waals surface area contributed by atoms with E-state index in [1.54, 1.807) is 0 Å². The van der Waals surface area contributed by atoms with Gasteiger partial charge < -0.3 is 9.84 Å². The lowest BCUT2D eigenvalue weighted by Gasteiger charge is -2.30. The van der Waals surface area contributed by atoms with E-state index in [1.807, 2.05) is 36.0 Å². The number of amides is 1. The van der Waals surface area contributed by atoms with Crippen LogP contribution in [0.2, 0.25) is 0 Å². The number of aryl methyl sites for hydroxylation is 2. The minimum atomic E-state index is 0.0915. The Morgan fingerprint density at radius 1 is 1.12 bits per heavy atom. The molecule has 2 aromatic carbocycles. The van der Waals surface area contributed by atoms with Crippen molar-refractivity contribution in [2.75, 3.05) is 25.4 Å². The predicted octanol–water partition coefficient (Wildman–Crippen LogP) is 4.62. The molecule has 0 spiro atoms. The van der Waals surface area contributed by atoms with Crippen molar-refractivity contribution in [3.8, 4) is 11.4 Å². The summed E-state index contributed by atoms with van der Waals surface area (Å²) < 4.78 is 5.46. The van der Waals surface area contributed by atoms with Gasteiger partial charge in [0.25, 0.3) is 0 Å². The molecule has 0 bridgehead atoms. The average molecular weight is 465 g/mol. The van der Waals surface area contributed by atoms with Crippen molar-refractivity contribution in [1.29, 1.82) is 0 Å². The van der Waals surface area contributed by atoms with Crippen molar-refractivity contribution >= 4 is 17.7 Å². The number of thioether (sulfide) groups is 1. The molecule has 1 saturated heterocycles. The molecule has 33 heavy (non-hydrogen) atoms. The first-order chi connectivity index (χ1) is 16.1. The van der Waals surface area contributed by atoms with Gasteiger partial charge in [-0.1, -0.05) is 64.8 Å². The summed E-state index contributed by atoms with van der Waals surface area (Å²) >= 11 is 1.86. The molecule has 2 heterocycles. The maximum absolute atomic E-state index is 12.5. The molecule has 1 fully saturated rings. The van der Waals surface area contributed by atoms with E-state index in [4.69, 9.17) is 4.52 Å². The number of hydrogen-bond donors (Lipinski definition) is 1. The lowest BCUT2D eigenvalue weighted by Crippen LogP contribution is -2.40. The Balaban J connectivity index is 1.14. The van der Waals surface area contributed by atoms with Crippen LogP contribution < -0.4 is 5.32 Å². The van der Waals surface area contributed by atoms with Crippen LogP contribution in [0.1, 0.15) is 35.4 Å². The van der Waals surface area contributed by atoms with Gasteiger partial charge in [0.15, 0.2) is 0 Å². The average Bonchev–Trinajstić information content (AvgIpc) is 3.28. The van der Waals surface area contributed by atoms with Crippen LogP contribution in [0.25, 0.3) is 11.4 Å². The number of piperidine rings is 1. The molecule has 0 saturated carbocycles. The number of carbonyl (C=O) groups is 1. The fourth-order valence-electron chi connectivity index (χ4n) is 4.07. The van der Waals surface area contributed by atoms with Crippen LogP contribution in [0.15, 0.2) is 53.1 Å². The van der Waals surface area contributed by atoms with E-state index in [-0.39, 0.29) is 11.8 Å². The van der Waals surface area contributed by atoms with Gasteiger partial charge in [0, 0.05) is 29.5 Å². The third kappa shape index (κ3) is 6.92. The molecule has 1 aliphatic rings. The first kappa shape index (κ1) is 23.5. The number of carbonyl (C=O) groups excluding carboxylic acids is 1. The van der Waals surface area contributed by atoms with E-state index in [2.05, 4.69) is 58.5 Å². The molecule has 0 unspecified atom stereocenters. The van der Waals surface area contributed by atoms with Crippen LogP contribution in [0, 0.1) is 19.8 Å². The number of nitrogens with one attached hydrogen (secondary N) is 1. The van der Waals surface area contributed by atoms with Gasteiger partial charge in [0.1, 0.15) is 0 Å². The van der Waals surface area contributed by atoms with E-state index in [0.717, 1.165) is 49.5 Å². The molecule has 6 nitrogen and oxygen atoms in total. The first-order valence-electron chi connectivity index (χ1n) is 11.6. The lowest BCUT2D eigenvalue weighted by atomic mass is 9.96. The van der Waals surface area contributed by atoms with Gasteiger partial charge in [-0.15, -0.1) is 0 Å². The highest BCUT2D eigenvalue weighted by Crippen LogP contribution is 2.21. The molecule has 7 heteroatoms. The second kappa shape index (κ2) is 11.5. The normalized spacial score (nSPS) is 15.0. The zero-order chi connectivity index (χ0) is 23.0. The minimum absolute atomic E-state index is 0.0915. The Morgan fingerprint density at radius 2 is 1.91 bits per heavy atom. The summed E-state index contributed by atoms with van der Waals surface area (Å²) in [6.45, 7) is 7.25. The highest BCUT2D eigenvalue weighted by molar-refractivity contribution is 7.98. The zero-order valence-electron chi connectivity index (χ0n) is 19.4. The summed E-state index contributed by atoms with van der Waals surface area (Å²) in [5, 5.41) is 7.24. The molecule has 1 aliphatic heterocycles. The van der Waals surface area contributed by atoms with Gasteiger partial charge in [0.2, 0.25) is 17.6 Å². The largest absolute Gasteiger partial charge is 0.355 e. The number of hydrogen-bond acceptors (Lipinski definition) is 6. The van der Waals surface area contributed by atoms with Gasteiger partial charge in [-0.3, -0.25) is 9.69 Å². The Bertz CT molecular complexity index is 1040. The third-order valence-corrected chi connectivity index (χ3v) is 7.02. The quantitative estimate of drug-likeness (QED) is 0.466. The van der Waals surface area contributed by atoms with Crippen LogP contribution in [-0.4, -0.2) is 46.3 Å². The Labute approximate surface area is 200 Å². The first-order valence-corrected chi connectivity index (χ1v) is 12.8. The summed E-state index contributed by atoms with van der Waals surface area (Å²) in [7, 11) is 0. The Hall–Kier alpha value is -2.64. The summed E-state index contributed by atoms with van der Waals surface area (Å²) in [6.07, 6.45) is 1.72. The van der Waals surface area contributed by atoms with E-state index >= 15 is 0 Å². The van der Waals surface area contributed by atoms with Crippen molar-refractivity contribution in [1.82, 2.24) is 20.4 Å². The standard InChI is InChI=1S/C26H32N4O2S/c1-19-6-8-22(9-7-19)25-28-24(32-29-25)17-30-13-10-23(11-14-30)26(31)27-12-15-33-18-21-5-3-4-20(2)16-21/h3-9,16,23H,10-15,17-18H2,1-2H3,(H,27,31). The Morgan fingerprint density at radius 3 is 2.67 bits per heavy atom. The maximum atomic E-state index is 12.5. The minimum Gasteiger partial charge on any atom is -0.355 e. The van der Waals surface area contributed by atoms with Crippen molar-refractivity contribution in [2.24, 2.45) is 5.92 Å². The van der Waals surface area contributed by atoms with Gasteiger partial charge >= 0.3 is 0 Å². The van der Waals surface area contributed by atoms with Crippen LogP contribution in [0.5, 0.6) is 0 Å². The van der Waals surface area contributed by atoms with E-state index in [0.29, 0.717) is 18.3 Å². The van der Waals surface area contributed by atoms with Gasteiger partial charge in [-0.2, -0.15) is 16.7 Å². The SMILES string of the molecule is Cc1ccc(-c2noc(CN3CCC(C(=O)NCCSCc4cccc(C)c4)CC3)n2)cc1. The molecule has 0 radical (unpaired) electrons. The molecule has 4 rings (SSSR count). The molecule has 0 atom stereocenters. The van der Waals surface area contributed by atoms with Crippen molar-refractivity contribution in [2.45, 2.75) is 39.0 Å². The molecular weight excluding hydrogens is 432 g/mol. The van der Waals surface area contributed by atoms with E-state index < -0.39 is 0 Å². The lowest BCUT2D eigenvalue weighted by molar-refractivity contribution is -0.126. The number of benzene rings is 2. The Kier molecular flexibility index (Phi) is 8.18. The fraction of sp³-hybridized carbons (Fsp3) is 0.423. The second-order valence-electron chi connectivity index (χ2n) is 8.76. The summed E-state index contributed by atoms with van der Waals surface area (Å²) in [4.78, 5) is 19.4. The highest BCUT2D eigenvalue weighted by Gasteiger charge is 2.25. The number of aromatic nitrogens is 2. The molecule has 1 aromatic heterocycles. The zero-order valence-corrected chi connectivity index (χ0v) is 20.2. The predicted molar refractivity (Wildman–Crippen MR) is 133 cm³/mol. The topological polar surface area (TPSA) is 71.3 Å².